The van der Waals surface area contributed by atoms with Crippen molar-refractivity contribution in [2.75, 3.05) is 19.6 Å². The number of likely N-dealkylation sites (tertiary alicyclic amines) is 1. The van der Waals surface area contributed by atoms with Crippen molar-refractivity contribution in [2.24, 2.45) is 13.0 Å². The third-order valence-electron chi connectivity index (χ3n) is 6.59. The molecule has 8 heteroatoms. The molecule has 0 spiro atoms. The van der Waals surface area contributed by atoms with Crippen molar-refractivity contribution in [3.8, 4) is 0 Å². The second-order valence-electron chi connectivity index (χ2n) is 8.59. The van der Waals surface area contributed by atoms with Gasteiger partial charge in [0.15, 0.2) is 0 Å². The van der Waals surface area contributed by atoms with Gasteiger partial charge in [0.25, 0.3) is 0 Å². The molecule has 7 nitrogen and oxygen atoms in total. The maximum absolute atomic E-state index is 13.0. The summed E-state index contributed by atoms with van der Waals surface area (Å²) in [6, 6.07) is 10.6. The van der Waals surface area contributed by atoms with Crippen LogP contribution in [0.2, 0.25) is 0 Å². The molecule has 5 rings (SSSR count). The number of amides is 2. The summed E-state index contributed by atoms with van der Waals surface area (Å²) in [6.45, 7) is 2.06. The number of nitrogens with one attached hydrogen (secondary N) is 2. The topological polar surface area (TPSA) is 79.3 Å². The largest absolute Gasteiger partial charge is 0.351 e. The quantitative estimate of drug-likeness (QED) is 0.753. The predicted molar refractivity (Wildman–Crippen MR) is 115 cm³/mol. The Morgan fingerprint density at radius 1 is 1.17 bits per heavy atom. The summed E-state index contributed by atoms with van der Waals surface area (Å²) >= 11 is 0. The Balaban J connectivity index is 0.00000218. The minimum atomic E-state index is -0.124. The number of hydrogen-bond donors (Lipinski definition) is 2. The molecule has 5 atom stereocenters. The van der Waals surface area contributed by atoms with Crippen LogP contribution in [-0.4, -0.2) is 58.2 Å². The first-order valence-corrected chi connectivity index (χ1v) is 10.4. The number of carbonyl (C=O) groups excluding carboxylic acids is 2. The lowest BCUT2D eigenvalue weighted by molar-refractivity contribution is -0.128. The molecule has 2 amide bonds. The van der Waals surface area contributed by atoms with Gasteiger partial charge in [-0.25, -0.2) is 0 Å². The van der Waals surface area contributed by atoms with Crippen molar-refractivity contribution in [2.45, 2.75) is 36.8 Å². The highest BCUT2D eigenvalue weighted by atomic mass is 35.5. The fourth-order valence-corrected chi connectivity index (χ4v) is 4.98. The highest BCUT2D eigenvalue weighted by Crippen LogP contribution is 2.46. The minimum Gasteiger partial charge on any atom is -0.351 e. The predicted octanol–water partition coefficient (Wildman–Crippen LogP) is 1.42. The SMILES string of the molecule is Cl.Cn1cc([C@H]2CNC[C@@H]2C(=O)NC2CC(=O)N(C3CC3c3ccccc3)C2)cn1. The Kier molecular flexibility index (Phi) is 5.84. The van der Waals surface area contributed by atoms with Crippen molar-refractivity contribution >= 4 is 24.2 Å². The first kappa shape index (κ1) is 20.9. The highest BCUT2D eigenvalue weighted by molar-refractivity contribution is 5.85. The molecule has 2 N–H and O–H groups in total. The second kappa shape index (κ2) is 8.40. The summed E-state index contributed by atoms with van der Waals surface area (Å²) in [4.78, 5) is 27.5. The van der Waals surface area contributed by atoms with E-state index in [-0.39, 0.29) is 48.1 Å². The Hall–Kier alpha value is -2.38. The van der Waals surface area contributed by atoms with Gasteiger partial charge in [0, 0.05) is 57.2 Å². The summed E-state index contributed by atoms with van der Waals surface area (Å²) < 4.78 is 1.77. The molecule has 3 fully saturated rings. The number of halogens is 1. The van der Waals surface area contributed by atoms with Gasteiger partial charge in [-0.1, -0.05) is 30.3 Å². The average Bonchev–Trinajstić information content (AvgIpc) is 3.03. The maximum Gasteiger partial charge on any atom is 0.225 e. The molecule has 1 aromatic heterocycles. The molecule has 0 radical (unpaired) electrons. The van der Waals surface area contributed by atoms with Gasteiger partial charge >= 0.3 is 0 Å². The van der Waals surface area contributed by atoms with Crippen LogP contribution in [0.15, 0.2) is 42.7 Å². The van der Waals surface area contributed by atoms with Crippen LogP contribution in [-0.2, 0) is 16.6 Å². The van der Waals surface area contributed by atoms with E-state index in [1.807, 2.05) is 42.5 Å². The van der Waals surface area contributed by atoms with Crippen LogP contribution in [0.1, 0.15) is 35.8 Å². The van der Waals surface area contributed by atoms with Crippen LogP contribution in [0.3, 0.4) is 0 Å². The lowest BCUT2D eigenvalue weighted by atomic mass is 9.90. The van der Waals surface area contributed by atoms with E-state index in [1.165, 1.54) is 5.56 Å². The molecule has 160 valence electrons. The Labute approximate surface area is 182 Å². The minimum absolute atomic E-state index is 0. The van der Waals surface area contributed by atoms with Crippen LogP contribution in [0.5, 0.6) is 0 Å². The molecule has 0 bridgehead atoms. The monoisotopic (exact) mass is 429 g/mol. The van der Waals surface area contributed by atoms with E-state index in [9.17, 15) is 9.59 Å². The van der Waals surface area contributed by atoms with E-state index in [0.717, 1.165) is 18.5 Å². The van der Waals surface area contributed by atoms with Gasteiger partial charge in [-0.2, -0.15) is 5.10 Å². The summed E-state index contributed by atoms with van der Waals surface area (Å²) in [7, 11) is 1.89. The third-order valence-corrected chi connectivity index (χ3v) is 6.59. The van der Waals surface area contributed by atoms with E-state index in [4.69, 9.17) is 0 Å². The van der Waals surface area contributed by atoms with Crippen LogP contribution in [0.25, 0.3) is 0 Å². The van der Waals surface area contributed by atoms with E-state index >= 15 is 0 Å². The van der Waals surface area contributed by atoms with Gasteiger partial charge in [-0.05, 0) is 17.5 Å². The van der Waals surface area contributed by atoms with Crippen LogP contribution in [0, 0.1) is 5.92 Å². The first-order chi connectivity index (χ1) is 14.1. The second-order valence-corrected chi connectivity index (χ2v) is 8.59. The number of rotatable bonds is 5. The molecule has 3 aliphatic rings. The van der Waals surface area contributed by atoms with E-state index < -0.39 is 0 Å². The highest BCUT2D eigenvalue weighted by Gasteiger charge is 2.48. The lowest BCUT2D eigenvalue weighted by Gasteiger charge is -2.21. The summed E-state index contributed by atoms with van der Waals surface area (Å²) in [5.74, 6) is 0.638. The van der Waals surface area contributed by atoms with Crippen molar-refractivity contribution < 1.29 is 9.59 Å². The first-order valence-electron chi connectivity index (χ1n) is 10.4. The van der Waals surface area contributed by atoms with Gasteiger partial charge in [0.2, 0.25) is 11.8 Å². The van der Waals surface area contributed by atoms with Crippen molar-refractivity contribution in [1.29, 1.82) is 0 Å². The molecule has 1 aromatic carbocycles. The fourth-order valence-electron chi connectivity index (χ4n) is 4.98. The molecular weight excluding hydrogens is 402 g/mol. The van der Waals surface area contributed by atoms with Crippen molar-refractivity contribution in [3.63, 3.8) is 0 Å². The van der Waals surface area contributed by atoms with Gasteiger partial charge in [-0.3, -0.25) is 14.3 Å². The fraction of sp³-hybridized carbons (Fsp3) is 0.500. The van der Waals surface area contributed by atoms with Gasteiger partial charge < -0.3 is 15.5 Å². The molecule has 3 unspecified atom stereocenters. The zero-order valence-corrected chi connectivity index (χ0v) is 17.8. The molecule has 1 saturated carbocycles. The van der Waals surface area contributed by atoms with E-state index in [1.54, 1.807) is 4.68 Å². The average molecular weight is 430 g/mol. The molecular formula is C22H28ClN5O2. The number of aryl methyl sites for hydroxylation is 1. The smallest absolute Gasteiger partial charge is 0.225 e. The van der Waals surface area contributed by atoms with Crippen molar-refractivity contribution in [1.82, 2.24) is 25.3 Å². The van der Waals surface area contributed by atoms with Gasteiger partial charge in [0.05, 0.1) is 18.2 Å². The Morgan fingerprint density at radius 2 is 1.97 bits per heavy atom. The number of aromatic nitrogens is 2. The van der Waals surface area contributed by atoms with Crippen LogP contribution >= 0.6 is 12.4 Å². The molecule has 1 aliphatic carbocycles. The van der Waals surface area contributed by atoms with Gasteiger partial charge in [-0.15, -0.1) is 12.4 Å². The third kappa shape index (κ3) is 3.96. The van der Waals surface area contributed by atoms with Crippen LogP contribution in [0.4, 0.5) is 0 Å². The number of nitrogens with zero attached hydrogens (tertiary/aromatic N) is 3. The standard InChI is InChI=1S/C22H27N5O2.ClH/c1-26-12-15(9-24-26)18-10-23-11-19(18)22(29)25-16-7-21(28)27(13-16)20-8-17(20)14-5-3-2-4-6-14;/h2-6,9,12,16-20,23H,7-8,10-11,13H2,1H3,(H,25,29);1H/t16?,17?,18-,19+,20?;/m1./s1. The van der Waals surface area contributed by atoms with E-state index in [0.29, 0.717) is 25.4 Å². The summed E-state index contributed by atoms with van der Waals surface area (Å²) in [5, 5.41) is 10.7. The summed E-state index contributed by atoms with van der Waals surface area (Å²) in [6.07, 6.45) is 5.25. The zero-order valence-electron chi connectivity index (χ0n) is 17.0. The number of carbonyl (C=O) groups is 2. The van der Waals surface area contributed by atoms with Gasteiger partial charge in [0.1, 0.15) is 0 Å². The molecule has 30 heavy (non-hydrogen) atoms. The Bertz CT molecular complexity index is 917. The molecule has 2 aromatic rings. The number of hydrogen-bond acceptors (Lipinski definition) is 4. The van der Waals surface area contributed by atoms with Crippen LogP contribution < -0.4 is 10.6 Å². The lowest BCUT2D eigenvalue weighted by Crippen LogP contribution is -2.42. The molecule has 3 heterocycles. The zero-order chi connectivity index (χ0) is 20.0. The molecule has 2 saturated heterocycles. The van der Waals surface area contributed by atoms with E-state index in [2.05, 4.69) is 27.9 Å². The number of benzene rings is 1. The normalized spacial score (nSPS) is 30.2. The maximum atomic E-state index is 13.0. The summed E-state index contributed by atoms with van der Waals surface area (Å²) in [5.41, 5.74) is 2.39. The molecule has 2 aliphatic heterocycles. The van der Waals surface area contributed by atoms with Crippen molar-refractivity contribution in [3.05, 3.63) is 53.9 Å². The Morgan fingerprint density at radius 3 is 2.70 bits per heavy atom.